The van der Waals surface area contributed by atoms with Crippen molar-refractivity contribution in [1.82, 2.24) is 25.0 Å². The third-order valence-corrected chi connectivity index (χ3v) is 7.13. The van der Waals surface area contributed by atoms with Crippen molar-refractivity contribution in [2.24, 2.45) is 0 Å². The van der Waals surface area contributed by atoms with Crippen LogP contribution in [0.3, 0.4) is 0 Å². The van der Waals surface area contributed by atoms with E-state index in [1.54, 1.807) is 4.68 Å². The predicted molar refractivity (Wildman–Crippen MR) is 142 cm³/mol. The van der Waals surface area contributed by atoms with Crippen molar-refractivity contribution in [1.29, 1.82) is 0 Å². The van der Waals surface area contributed by atoms with Gasteiger partial charge in [-0.3, -0.25) is 0 Å². The first-order valence-corrected chi connectivity index (χ1v) is 12.8. The van der Waals surface area contributed by atoms with Crippen molar-refractivity contribution in [3.63, 3.8) is 0 Å². The van der Waals surface area contributed by atoms with E-state index in [9.17, 15) is 0 Å². The van der Waals surface area contributed by atoms with E-state index < -0.39 is 6.23 Å². The second-order valence-electron chi connectivity index (χ2n) is 8.25. The molecule has 5 aromatic rings. The van der Waals surface area contributed by atoms with Crippen LogP contribution >= 0.6 is 23.4 Å². The molecule has 2 aromatic heterocycles. The molecule has 1 aliphatic rings. The molecule has 7 nitrogen and oxygen atoms in total. The quantitative estimate of drug-likeness (QED) is 0.270. The van der Waals surface area contributed by atoms with Gasteiger partial charge in [0, 0.05) is 17.0 Å². The van der Waals surface area contributed by atoms with E-state index in [0.717, 1.165) is 33.9 Å². The second-order valence-corrected chi connectivity index (χ2v) is 9.55. The zero-order valence-corrected chi connectivity index (χ0v) is 20.9. The molecule has 0 saturated heterocycles. The molecular weight excluding hydrogens is 492 g/mol. The maximum absolute atomic E-state index is 6.88. The van der Waals surface area contributed by atoms with Gasteiger partial charge in [-0.25, -0.2) is 4.68 Å². The molecule has 0 bridgehead atoms. The van der Waals surface area contributed by atoms with Gasteiger partial charge in [0.15, 0.2) is 5.69 Å². The minimum atomic E-state index is -0.624. The predicted octanol–water partition coefficient (Wildman–Crippen LogP) is 6.48. The van der Waals surface area contributed by atoms with E-state index >= 15 is 0 Å². The number of nitrogens with one attached hydrogen (secondary N) is 1. The van der Waals surface area contributed by atoms with Gasteiger partial charge < -0.3 is 10.1 Å². The Morgan fingerprint density at radius 2 is 1.67 bits per heavy atom. The van der Waals surface area contributed by atoms with Crippen LogP contribution in [0.4, 0.5) is 5.69 Å². The van der Waals surface area contributed by atoms with Crippen molar-refractivity contribution >= 4 is 29.1 Å². The fourth-order valence-corrected chi connectivity index (χ4v) is 5.22. The SMILES string of the molecule is Cc1nn(-c2ccccc2)c(Cl)c1[C@H]1Nc2ccccc2-c2nnc(SCc3ccccc3)nc2O1. The largest absolute Gasteiger partial charge is 0.447 e. The summed E-state index contributed by atoms with van der Waals surface area (Å²) < 4.78 is 8.17. The molecule has 3 aromatic carbocycles. The Morgan fingerprint density at radius 3 is 2.47 bits per heavy atom. The van der Waals surface area contributed by atoms with Gasteiger partial charge in [0.25, 0.3) is 0 Å². The minimum absolute atomic E-state index is 0.394. The van der Waals surface area contributed by atoms with Gasteiger partial charge in [0.1, 0.15) is 5.15 Å². The van der Waals surface area contributed by atoms with Crippen molar-refractivity contribution in [3.05, 3.63) is 107 Å². The Hall–Kier alpha value is -3.88. The number of ether oxygens (including phenoxy) is 1. The lowest BCUT2D eigenvalue weighted by Gasteiger charge is -2.19. The first-order valence-electron chi connectivity index (χ1n) is 11.4. The monoisotopic (exact) mass is 512 g/mol. The molecule has 3 heterocycles. The summed E-state index contributed by atoms with van der Waals surface area (Å²) in [6.07, 6.45) is -0.624. The van der Waals surface area contributed by atoms with Crippen LogP contribution < -0.4 is 10.1 Å². The topological polar surface area (TPSA) is 77.8 Å². The molecule has 0 saturated carbocycles. The highest BCUT2D eigenvalue weighted by molar-refractivity contribution is 7.98. The molecule has 0 unspecified atom stereocenters. The standard InChI is InChI=1S/C27H21ClN6OS/c1-17-22(24(28)34(33-17)19-12-6-3-7-13-19)25-29-21-15-9-8-14-20(21)23-26(35-25)30-27(32-31-23)36-16-18-10-4-2-5-11-18/h2-15,25,29H,16H2,1H3/t25-/m0/s1. The van der Waals surface area contributed by atoms with Gasteiger partial charge in [0.05, 0.1) is 16.9 Å². The number of nitrogens with zero attached hydrogens (tertiary/aromatic N) is 5. The molecule has 1 atom stereocenters. The zero-order valence-electron chi connectivity index (χ0n) is 19.3. The lowest BCUT2D eigenvalue weighted by atomic mass is 10.1. The number of hydrogen-bond donors (Lipinski definition) is 1. The molecule has 0 amide bonds. The lowest BCUT2D eigenvalue weighted by Crippen LogP contribution is -2.18. The molecule has 1 aliphatic heterocycles. The summed E-state index contributed by atoms with van der Waals surface area (Å²) in [4.78, 5) is 4.74. The van der Waals surface area contributed by atoms with E-state index in [1.807, 2.05) is 79.7 Å². The third-order valence-electron chi connectivity index (χ3n) is 5.86. The van der Waals surface area contributed by atoms with E-state index in [0.29, 0.717) is 21.9 Å². The van der Waals surface area contributed by atoms with Crippen LogP contribution in [0.15, 0.2) is 90.1 Å². The van der Waals surface area contributed by atoms with Crippen LogP contribution in [0.25, 0.3) is 16.9 Å². The summed E-state index contributed by atoms with van der Waals surface area (Å²) in [5.74, 6) is 1.12. The highest BCUT2D eigenvalue weighted by atomic mass is 35.5. The van der Waals surface area contributed by atoms with Crippen molar-refractivity contribution in [3.8, 4) is 22.8 Å². The molecular formula is C27H21ClN6OS. The van der Waals surface area contributed by atoms with Crippen molar-refractivity contribution in [2.45, 2.75) is 24.1 Å². The van der Waals surface area contributed by atoms with Crippen LogP contribution in [0.2, 0.25) is 5.15 Å². The van der Waals surface area contributed by atoms with Crippen molar-refractivity contribution in [2.75, 3.05) is 5.32 Å². The highest BCUT2D eigenvalue weighted by Gasteiger charge is 2.31. The van der Waals surface area contributed by atoms with E-state index in [-0.39, 0.29) is 0 Å². The Bertz CT molecular complexity index is 1530. The molecule has 1 N–H and O–H groups in total. The second kappa shape index (κ2) is 9.64. The van der Waals surface area contributed by atoms with Crippen LogP contribution in [0.1, 0.15) is 23.0 Å². The van der Waals surface area contributed by atoms with Crippen LogP contribution in [0, 0.1) is 6.92 Å². The Kier molecular flexibility index (Phi) is 6.04. The molecule has 9 heteroatoms. The lowest BCUT2D eigenvalue weighted by molar-refractivity contribution is 0.224. The average molecular weight is 513 g/mol. The van der Waals surface area contributed by atoms with Gasteiger partial charge in [0.2, 0.25) is 17.3 Å². The van der Waals surface area contributed by atoms with E-state index in [4.69, 9.17) is 26.4 Å². The minimum Gasteiger partial charge on any atom is -0.447 e. The van der Waals surface area contributed by atoms with Gasteiger partial charge in [-0.15, -0.1) is 10.2 Å². The number of aromatic nitrogens is 5. The number of thioether (sulfide) groups is 1. The number of halogens is 1. The summed E-state index contributed by atoms with van der Waals surface area (Å²) >= 11 is 8.39. The average Bonchev–Trinajstić information content (AvgIpc) is 3.12. The zero-order chi connectivity index (χ0) is 24.5. The Morgan fingerprint density at radius 1 is 0.944 bits per heavy atom. The number of hydrogen-bond acceptors (Lipinski definition) is 7. The van der Waals surface area contributed by atoms with Crippen LogP contribution in [0.5, 0.6) is 5.88 Å². The summed E-state index contributed by atoms with van der Waals surface area (Å²) in [7, 11) is 0. The molecule has 178 valence electrons. The summed E-state index contributed by atoms with van der Waals surface area (Å²) in [5.41, 5.74) is 5.83. The maximum atomic E-state index is 6.88. The Balaban J connectivity index is 1.39. The van der Waals surface area contributed by atoms with Gasteiger partial charge >= 0.3 is 0 Å². The molecule has 36 heavy (non-hydrogen) atoms. The van der Waals surface area contributed by atoms with Gasteiger partial charge in [-0.1, -0.05) is 90.1 Å². The van der Waals surface area contributed by atoms with Gasteiger partial charge in [-0.05, 0) is 30.7 Å². The molecule has 0 fully saturated rings. The maximum Gasteiger partial charge on any atom is 0.247 e. The first kappa shape index (κ1) is 22.6. The number of para-hydroxylation sites is 2. The summed E-state index contributed by atoms with van der Waals surface area (Å²) in [6, 6.07) is 27.8. The van der Waals surface area contributed by atoms with E-state index in [1.165, 1.54) is 17.3 Å². The van der Waals surface area contributed by atoms with E-state index in [2.05, 4.69) is 27.6 Å². The third kappa shape index (κ3) is 4.29. The van der Waals surface area contributed by atoms with Crippen molar-refractivity contribution < 1.29 is 4.74 Å². The fraction of sp³-hybridized carbons (Fsp3) is 0.111. The normalized spacial score (nSPS) is 14.2. The number of rotatable bonds is 5. The molecule has 6 rings (SSSR count). The molecule has 0 spiro atoms. The smallest absolute Gasteiger partial charge is 0.247 e. The Labute approximate surface area is 217 Å². The van der Waals surface area contributed by atoms with Crippen LogP contribution in [-0.2, 0) is 5.75 Å². The molecule has 0 aliphatic carbocycles. The number of benzene rings is 3. The summed E-state index contributed by atoms with van der Waals surface area (Å²) in [6.45, 7) is 1.92. The van der Waals surface area contributed by atoms with Crippen LogP contribution in [-0.4, -0.2) is 25.0 Å². The number of anilines is 1. The molecule has 0 radical (unpaired) electrons. The first-order chi connectivity index (χ1) is 17.7. The fourth-order valence-electron chi connectivity index (χ4n) is 4.11. The number of aryl methyl sites for hydroxylation is 1. The number of fused-ring (bicyclic) bond motifs is 3. The van der Waals surface area contributed by atoms with Gasteiger partial charge in [-0.2, -0.15) is 10.1 Å². The highest BCUT2D eigenvalue weighted by Crippen LogP contribution is 2.41. The summed E-state index contributed by atoms with van der Waals surface area (Å²) in [5, 5.41) is 18.1.